The summed E-state index contributed by atoms with van der Waals surface area (Å²) in [6.45, 7) is 1.00. The fraction of sp³-hybridized carbons (Fsp3) is 0.538. The van der Waals surface area contributed by atoms with Crippen molar-refractivity contribution in [3.05, 3.63) is 28.2 Å². The Morgan fingerprint density at radius 2 is 1.89 bits per heavy atom. The number of anilines is 1. The van der Waals surface area contributed by atoms with Gasteiger partial charge in [0.15, 0.2) is 0 Å². The van der Waals surface area contributed by atoms with Crippen LogP contribution < -0.4 is 4.90 Å². The van der Waals surface area contributed by atoms with Gasteiger partial charge < -0.3 is 10.0 Å². The molecule has 1 aliphatic carbocycles. The lowest BCUT2D eigenvalue weighted by molar-refractivity contribution is -0.137. The molecular formula is C13H13BrF3NO. The zero-order valence-corrected chi connectivity index (χ0v) is 11.6. The zero-order chi connectivity index (χ0) is 13.8. The first-order valence-corrected chi connectivity index (χ1v) is 6.93. The van der Waals surface area contributed by atoms with Crippen LogP contribution in [-0.2, 0) is 6.18 Å². The minimum Gasteiger partial charge on any atom is -0.386 e. The number of alkyl halides is 3. The van der Waals surface area contributed by atoms with E-state index >= 15 is 0 Å². The van der Waals surface area contributed by atoms with E-state index < -0.39 is 17.3 Å². The Labute approximate surface area is 117 Å². The Morgan fingerprint density at radius 3 is 2.37 bits per heavy atom. The first-order chi connectivity index (χ1) is 8.79. The highest BCUT2D eigenvalue weighted by atomic mass is 79.9. The molecule has 3 rings (SSSR count). The SMILES string of the molecule is OC1(C2CC2)CN(c2ccc(C(F)(F)F)cc2Br)C1. The number of hydrogen-bond acceptors (Lipinski definition) is 2. The lowest BCUT2D eigenvalue weighted by Crippen LogP contribution is -2.63. The van der Waals surface area contributed by atoms with E-state index in [0.29, 0.717) is 29.2 Å². The van der Waals surface area contributed by atoms with E-state index in [-0.39, 0.29) is 0 Å². The van der Waals surface area contributed by atoms with Crippen LogP contribution in [-0.4, -0.2) is 23.8 Å². The molecule has 1 aromatic rings. The van der Waals surface area contributed by atoms with Crippen LogP contribution in [0.2, 0.25) is 0 Å². The van der Waals surface area contributed by atoms with Crippen LogP contribution in [0, 0.1) is 5.92 Å². The quantitative estimate of drug-likeness (QED) is 0.895. The molecule has 0 unspecified atom stereocenters. The lowest BCUT2D eigenvalue weighted by Gasteiger charge is -2.48. The van der Waals surface area contributed by atoms with Gasteiger partial charge in [0.05, 0.1) is 11.3 Å². The molecule has 1 N–H and O–H groups in total. The summed E-state index contributed by atoms with van der Waals surface area (Å²) in [5, 5.41) is 10.2. The van der Waals surface area contributed by atoms with E-state index in [9.17, 15) is 18.3 Å². The molecule has 0 aromatic heterocycles. The Hall–Kier alpha value is -0.750. The summed E-state index contributed by atoms with van der Waals surface area (Å²) < 4.78 is 38.1. The summed E-state index contributed by atoms with van der Waals surface area (Å²) >= 11 is 3.18. The van der Waals surface area contributed by atoms with Gasteiger partial charge in [-0.3, -0.25) is 0 Å². The summed E-state index contributed by atoms with van der Waals surface area (Å²) in [5.41, 5.74) is -0.596. The van der Waals surface area contributed by atoms with Crippen molar-refractivity contribution in [3.8, 4) is 0 Å². The number of rotatable bonds is 2. The molecule has 1 saturated carbocycles. The molecule has 1 aromatic carbocycles. The standard InChI is InChI=1S/C13H13BrF3NO/c14-10-5-9(13(15,16)17)3-4-11(10)18-6-12(19,7-18)8-1-2-8/h3-5,8,19H,1-2,6-7H2. The highest BCUT2D eigenvalue weighted by Gasteiger charge is 2.52. The number of aliphatic hydroxyl groups is 1. The predicted octanol–water partition coefficient (Wildman–Crippen LogP) is 3.43. The maximum absolute atomic E-state index is 12.6. The van der Waals surface area contributed by atoms with Gasteiger partial charge in [0.2, 0.25) is 0 Å². The van der Waals surface area contributed by atoms with Crippen LogP contribution in [0.15, 0.2) is 22.7 Å². The van der Waals surface area contributed by atoms with Gasteiger partial charge in [-0.25, -0.2) is 0 Å². The van der Waals surface area contributed by atoms with E-state index in [4.69, 9.17) is 0 Å². The van der Waals surface area contributed by atoms with Crippen molar-refractivity contribution in [1.29, 1.82) is 0 Å². The normalized spacial score (nSPS) is 22.3. The molecular weight excluding hydrogens is 323 g/mol. The van der Waals surface area contributed by atoms with Gasteiger partial charge >= 0.3 is 6.18 Å². The molecule has 2 aliphatic rings. The van der Waals surface area contributed by atoms with Crippen LogP contribution in [0.25, 0.3) is 0 Å². The van der Waals surface area contributed by atoms with E-state index in [1.807, 2.05) is 4.90 Å². The second-order valence-electron chi connectivity index (χ2n) is 5.40. The van der Waals surface area contributed by atoms with Crippen molar-refractivity contribution in [3.63, 3.8) is 0 Å². The molecule has 1 heterocycles. The average Bonchev–Trinajstić information content (AvgIpc) is 3.07. The Kier molecular flexibility index (Phi) is 2.87. The second kappa shape index (κ2) is 4.12. The molecule has 0 bridgehead atoms. The monoisotopic (exact) mass is 335 g/mol. The highest BCUT2D eigenvalue weighted by molar-refractivity contribution is 9.10. The fourth-order valence-electron chi connectivity index (χ4n) is 2.60. The molecule has 0 atom stereocenters. The van der Waals surface area contributed by atoms with Crippen LogP contribution in [0.1, 0.15) is 18.4 Å². The molecule has 19 heavy (non-hydrogen) atoms. The van der Waals surface area contributed by atoms with Crippen molar-refractivity contribution in [2.45, 2.75) is 24.6 Å². The second-order valence-corrected chi connectivity index (χ2v) is 6.25. The van der Waals surface area contributed by atoms with Crippen molar-refractivity contribution >= 4 is 21.6 Å². The molecule has 104 valence electrons. The third-order valence-electron chi connectivity index (χ3n) is 3.88. The number of halogens is 4. The maximum Gasteiger partial charge on any atom is 0.416 e. The predicted molar refractivity (Wildman–Crippen MR) is 69.0 cm³/mol. The number of benzene rings is 1. The number of nitrogens with zero attached hydrogens (tertiary/aromatic N) is 1. The number of β-amino-alcohol motifs (C(OH)–C–C–N with tert-alkyl or cyclic N) is 1. The van der Waals surface area contributed by atoms with Crippen molar-refractivity contribution in [1.82, 2.24) is 0 Å². The summed E-state index contributed by atoms with van der Waals surface area (Å²) in [6, 6.07) is 3.62. The average molecular weight is 336 g/mol. The van der Waals surface area contributed by atoms with Crippen LogP contribution in [0.3, 0.4) is 0 Å². The molecule has 0 spiro atoms. The third-order valence-corrected chi connectivity index (χ3v) is 4.52. The summed E-state index contributed by atoms with van der Waals surface area (Å²) in [5.74, 6) is 0.372. The fourth-order valence-corrected chi connectivity index (χ4v) is 3.23. The van der Waals surface area contributed by atoms with E-state index in [1.54, 1.807) is 0 Å². The minimum absolute atomic E-state index is 0.372. The molecule has 2 nitrogen and oxygen atoms in total. The smallest absolute Gasteiger partial charge is 0.386 e. The van der Waals surface area contributed by atoms with E-state index in [2.05, 4.69) is 15.9 Å². The topological polar surface area (TPSA) is 23.5 Å². The van der Waals surface area contributed by atoms with Crippen LogP contribution >= 0.6 is 15.9 Å². The van der Waals surface area contributed by atoms with Crippen LogP contribution in [0.4, 0.5) is 18.9 Å². The molecule has 0 amide bonds. The maximum atomic E-state index is 12.6. The largest absolute Gasteiger partial charge is 0.416 e. The van der Waals surface area contributed by atoms with Gasteiger partial charge in [0.25, 0.3) is 0 Å². The van der Waals surface area contributed by atoms with E-state index in [0.717, 1.165) is 25.0 Å². The Morgan fingerprint density at radius 1 is 1.26 bits per heavy atom. The van der Waals surface area contributed by atoms with Crippen molar-refractivity contribution < 1.29 is 18.3 Å². The summed E-state index contributed by atoms with van der Waals surface area (Å²) in [4.78, 5) is 1.91. The van der Waals surface area contributed by atoms with Gasteiger partial charge in [-0.1, -0.05) is 0 Å². The van der Waals surface area contributed by atoms with Gasteiger partial charge in [-0.15, -0.1) is 0 Å². The molecule has 1 aliphatic heterocycles. The van der Waals surface area contributed by atoms with Crippen molar-refractivity contribution in [2.75, 3.05) is 18.0 Å². The van der Waals surface area contributed by atoms with Crippen LogP contribution in [0.5, 0.6) is 0 Å². The third kappa shape index (κ3) is 2.36. The molecule has 0 radical (unpaired) electrons. The highest BCUT2D eigenvalue weighted by Crippen LogP contribution is 2.47. The molecule has 2 fully saturated rings. The van der Waals surface area contributed by atoms with Crippen molar-refractivity contribution in [2.24, 2.45) is 5.92 Å². The zero-order valence-electron chi connectivity index (χ0n) is 10.0. The van der Waals surface area contributed by atoms with Gasteiger partial charge in [0.1, 0.15) is 5.60 Å². The Balaban J connectivity index is 1.76. The Bertz CT molecular complexity index is 507. The first kappa shape index (κ1) is 13.2. The minimum atomic E-state index is -4.33. The number of hydrogen-bond donors (Lipinski definition) is 1. The van der Waals surface area contributed by atoms with Gasteiger partial charge in [-0.2, -0.15) is 13.2 Å². The molecule has 6 heteroatoms. The lowest BCUT2D eigenvalue weighted by atomic mass is 9.88. The molecule has 1 saturated heterocycles. The van der Waals surface area contributed by atoms with E-state index in [1.165, 1.54) is 6.07 Å². The first-order valence-electron chi connectivity index (χ1n) is 6.14. The van der Waals surface area contributed by atoms with Gasteiger partial charge in [0, 0.05) is 17.6 Å². The van der Waals surface area contributed by atoms with Gasteiger partial charge in [-0.05, 0) is 52.9 Å². The summed E-state index contributed by atoms with van der Waals surface area (Å²) in [7, 11) is 0. The summed E-state index contributed by atoms with van der Waals surface area (Å²) in [6.07, 6.45) is -2.22.